The molecule has 0 spiro atoms. The lowest BCUT2D eigenvalue weighted by Gasteiger charge is -2.38. The normalized spacial score (nSPS) is 32.2. The minimum absolute atomic E-state index is 0.377. The molecular formula is C13H23NOS. The minimum atomic E-state index is 0.377. The summed E-state index contributed by atoms with van der Waals surface area (Å²) in [6, 6.07) is 0.580. The summed E-state index contributed by atoms with van der Waals surface area (Å²) in [5.74, 6) is 2.13. The molecule has 2 unspecified atom stereocenters. The van der Waals surface area contributed by atoms with E-state index in [4.69, 9.17) is 0 Å². The first-order valence-corrected chi connectivity index (χ1v) is 7.98. The van der Waals surface area contributed by atoms with Crippen LogP contribution in [0.15, 0.2) is 0 Å². The van der Waals surface area contributed by atoms with E-state index in [-0.39, 0.29) is 0 Å². The average molecular weight is 241 g/mol. The smallest absolute Gasteiger partial charge is 0.137 e. The van der Waals surface area contributed by atoms with E-state index in [0.717, 1.165) is 19.3 Å². The Labute approximate surface area is 103 Å². The molecule has 0 radical (unpaired) electrons. The first-order valence-electron chi connectivity index (χ1n) is 6.58. The fourth-order valence-corrected chi connectivity index (χ4v) is 3.63. The first-order chi connectivity index (χ1) is 7.83. The Bertz CT molecular complexity index is 244. The van der Waals surface area contributed by atoms with Crippen molar-refractivity contribution in [3.8, 4) is 0 Å². The topological polar surface area (TPSA) is 20.3 Å². The molecule has 2 atom stereocenters. The van der Waals surface area contributed by atoms with Gasteiger partial charge in [0.15, 0.2) is 0 Å². The number of hydrogen-bond acceptors (Lipinski definition) is 3. The maximum Gasteiger partial charge on any atom is 0.137 e. The number of Topliss-reactive ketones (excluding diaryl/α,β-unsaturated/α-hetero) is 1. The van der Waals surface area contributed by atoms with Crippen LogP contribution in [0.1, 0.15) is 38.5 Å². The summed E-state index contributed by atoms with van der Waals surface area (Å²) in [5, 5.41) is 0. The van der Waals surface area contributed by atoms with Crippen molar-refractivity contribution >= 4 is 17.5 Å². The van der Waals surface area contributed by atoms with Gasteiger partial charge in [0.25, 0.3) is 0 Å². The molecule has 0 bridgehead atoms. The maximum atomic E-state index is 11.9. The van der Waals surface area contributed by atoms with Gasteiger partial charge in [0, 0.05) is 30.7 Å². The van der Waals surface area contributed by atoms with Gasteiger partial charge in [-0.15, -0.1) is 0 Å². The van der Waals surface area contributed by atoms with E-state index in [0.29, 0.717) is 17.7 Å². The summed E-state index contributed by atoms with van der Waals surface area (Å²) in [6.07, 6.45) is 9.20. The number of hydrogen-bond donors (Lipinski definition) is 0. The SMILES string of the molecule is CSCCN1CCCCC1C1CCCC1=O. The Hall–Kier alpha value is -0.0200. The quantitative estimate of drug-likeness (QED) is 0.754. The molecule has 1 saturated heterocycles. The summed E-state index contributed by atoms with van der Waals surface area (Å²) in [4.78, 5) is 14.5. The lowest BCUT2D eigenvalue weighted by Crippen LogP contribution is -2.46. The van der Waals surface area contributed by atoms with Gasteiger partial charge in [0.2, 0.25) is 0 Å². The van der Waals surface area contributed by atoms with Crippen LogP contribution in [0.5, 0.6) is 0 Å². The Kier molecular flexibility index (Phi) is 4.71. The highest BCUT2D eigenvalue weighted by Crippen LogP contribution is 2.32. The number of nitrogens with zero attached hydrogens (tertiary/aromatic N) is 1. The zero-order valence-electron chi connectivity index (χ0n) is 10.3. The van der Waals surface area contributed by atoms with Gasteiger partial charge in [-0.25, -0.2) is 0 Å². The largest absolute Gasteiger partial charge is 0.299 e. The van der Waals surface area contributed by atoms with Crippen molar-refractivity contribution in [2.75, 3.05) is 25.1 Å². The van der Waals surface area contributed by atoms with E-state index in [1.54, 1.807) is 0 Å². The lowest BCUT2D eigenvalue weighted by atomic mass is 9.88. The van der Waals surface area contributed by atoms with Crippen molar-refractivity contribution in [1.82, 2.24) is 4.90 Å². The van der Waals surface area contributed by atoms with Crippen LogP contribution in [-0.4, -0.2) is 41.8 Å². The zero-order valence-corrected chi connectivity index (χ0v) is 11.1. The molecule has 92 valence electrons. The van der Waals surface area contributed by atoms with Crippen molar-refractivity contribution in [1.29, 1.82) is 0 Å². The van der Waals surface area contributed by atoms with Crippen LogP contribution in [-0.2, 0) is 4.79 Å². The molecule has 0 N–H and O–H groups in total. The predicted molar refractivity (Wildman–Crippen MR) is 69.9 cm³/mol. The molecule has 3 heteroatoms. The van der Waals surface area contributed by atoms with Crippen LogP contribution >= 0.6 is 11.8 Å². The summed E-state index contributed by atoms with van der Waals surface area (Å²) in [7, 11) is 0. The number of carbonyl (C=O) groups is 1. The molecule has 1 aliphatic carbocycles. The molecule has 0 aromatic heterocycles. The van der Waals surface area contributed by atoms with Crippen LogP contribution < -0.4 is 0 Å². The Balaban J connectivity index is 1.95. The Morgan fingerprint density at radius 3 is 2.88 bits per heavy atom. The number of piperidine rings is 1. The molecular weight excluding hydrogens is 218 g/mol. The van der Waals surface area contributed by atoms with Gasteiger partial charge in [0.05, 0.1) is 0 Å². The number of thioether (sulfide) groups is 1. The summed E-state index contributed by atoms with van der Waals surface area (Å²) in [5.41, 5.74) is 0. The van der Waals surface area contributed by atoms with Crippen molar-refractivity contribution in [3.63, 3.8) is 0 Å². The van der Waals surface area contributed by atoms with Crippen molar-refractivity contribution < 1.29 is 4.79 Å². The maximum absolute atomic E-state index is 11.9. The second kappa shape index (κ2) is 6.06. The van der Waals surface area contributed by atoms with Crippen molar-refractivity contribution in [2.24, 2.45) is 5.92 Å². The molecule has 2 fully saturated rings. The van der Waals surface area contributed by atoms with Gasteiger partial charge in [-0.3, -0.25) is 9.69 Å². The summed E-state index contributed by atoms with van der Waals surface area (Å²) >= 11 is 1.91. The number of rotatable bonds is 4. The molecule has 2 rings (SSSR count). The summed E-state index contributed by atoms with van der Waals surface area (Å²) in [6.45, 7) is 2.39. The third kappa shape index (κ3) is 2.80. The lowest BCUT2D eigenvalue weighted by molar-refractivity contribution is -0.123. The second-order valence-corrected chi connectivity index (χ2v) is 6.04. The van der Waals surface area contributed by atoms with Crippen LogP contribution in [0.25, 0.3) is 0 Å². The molecule has 0 aromatic rings. The average Bonchev–Trinajstić information content (AvgIpc) is 2.73. The molecule has 2 aliphatic rings. The highest BCUT2D eigenvalue weighted by molar-refractivity contribution is 7.98. The highest BCUT2D eigenvalue weighted by atomic mass is 32.2. The van der Waals surface area contributed by atoms with E-state index < -0.39 is 0 Å². The molecule has 0 amide bonds. The molecule has 0 aromatic carbocycles. The third-order valence-electron chi connectivity index (χ3n) is 4.06. The second-order valence-electron chi connectivity index (χ2n) is 5.06. The van der Waals surface area contributed by atoms with E-state index in [2.05, 4.69) is 11.2 Å². The van der Waals surface area contributed by atoms with E-state index in [1.165, 1.54) is 38.1 Å². The number of ketones is 1. The summed E-state index contributed by atoms with van der Waals surface area (Å²) < 4.78 is 0. The van der Waals surface area contributed by atoms with E-state index in [1.807, 2.05) is 11.8 Å². The van der Waals surface area contributed by atoms with Crippen molar-refractivity contribution in [3.05, 3.63) is 0 Å². The number of likely N-dealkylation sites (tertiary alicyclic amines) is 1. The standard InChI is InChI=1S/C13H23NOS/c1-16-10-9-14-8-3-2-6-12(14)11-5-4-7-13(11)15/h11-12H,2-10H2,1H3. The fraction of sp³-hybridized carbons (Fsp3) is 0.923. The van der Waals surface area contributed by atoms with E-state index in [9.17, 15) is 4.79 Å². The van der Waals surface area contributed by atoms with Gasteiger partial charge in [-0.05, 0) is 38.5 Å². The third-order valence-corrected chi connectivity index (χ3v) is 4.65. The van der Waals surface area contributed by atoms with Crippen LogP contribution in [0.4, 0.5) is 0 Å². The first kappa shape index (κ1) is 12.4. The molecule has 1 aliphatic heterocycles. The van der Waals surface area contributed by atoms with Gasteiger partial charge in [-0.1, -0.05) is 6.42 Å². The minimum Gasteiger partial charge on any atom is -0.299 e. The fourth-order valence-electron chi connectivity index (χ4n) is 3.21. The highest BCUT2D eigenvalue weighted by Gasteiger charge is 2.36. The van der Waals surface area contributed by atoms with Crippen LogP contribution in [0, 0.1) is 5.92 Å². The molecule has 1 heterocycles. The predicted octanol–water partition coefficient (Wildman–Crippen LogP) is 2.57. The van der Waals surface area contributed by atoms with Gasteiger partial charge < -0.3 is 0 Å². The Morgan fingerprint density at radius 1 is 1.31 bits per heavy atom. The van der Waals surface area contributed by atoms with Gasteiger partial charge in [0.1, 0.15) is 5.78 Å². The van der Waals surface area contributed by atoms with Crippen molar-refractivity contribution in [2.45, 2.75) is 44.6 Å². The number of carbonyl (C=O) groups excluding carboxylic acids is 1. The van der Waals surface area contributed by atoms with Crippen LogP contribution in [0.3, 0.4) is 0 Å². The molecule has 2 nitrogen and oxygen atoms in total. The molecule has 1 saturated carbocycles. The Morgan fingerprint density at radius 2 is 2.19 bits per heavy atom. The van der Waals surface area contributed by atoms with Gasteiger partial charge in [-0.2, -0.15) is 11.8 Å². The zero-order chi connectivity index (χ0) is 11.4. The monoisotopic (exact) mass is 241 g/mol. The van der Waals surface area contributed by atoms with E-state index >= 15 is 0 Å². The molecule has 16 heavy (non-hydrogen) atoms. The van der Waals surface area contributed by atoms with Crippen LogP contribution in [0.2, 0.25) is 0 Å². The van der Waals surface area contributed by atoms with Gasteiger partial charge >= 0.3 is 0 Å².